The molecule has 3 rings (SSSR count). The Labute approximate surface area is 117 Å². The van der Waals surface area contributed by atoms with Crippen molar-refractivity contribution in [1.82, 2.24) is 5.32 Å². The zero-order valence-electron chi connectivity index (χ0n) is 11.2. The quantitative estimate of drug-likeness (QED) is 0.870. The molecule has 0 aliphatic heterocycles. The minimum atomic E-state index is -2.39. The van der Waals surface area contributed by atoms with Crippen molar-refractivity contribution < 1.29 is 8.78 Å². The standard InChI is InChI=1S/C17H17F2N/c18-17(19)14-7-5-12(6-8-14)11-20-16-10-9-13-3-1-2-4-15(13)16/h1-8,16-17,20H,9-11H2. The highest BCUT2D eigenvalue weighted by Gasteiger charge is 2.20. The van der Waals surface area contributed by atoms with Crippen LogP contribution in [0, 0.1) is 0 Å². The maximum Gasteiger partial charge on any atom is 0.263 e. The molecule has 104 valence electrons. The minimum absolute atomic E-state index is 0.0833. The fraction of sp³-hybridized carbons (Fsp3) is 0.294. The van der Waals surface area contributed by atoms with Gasteiger partial charge in [-0.25, -0.2) is 8.78 Å². The predicted molar refractivity (Wildman–Crippen MR) is 75.7 cm³/mol. The van der Waals surface area contributed by atoms with Gasteiger partial charge in [0, 0.05) is 18.2 Å². The van der Waals surface area contributed by atoms with Gasteiger partial charge in [0.25, 0.3) is 6.43 Å². The van der Waals surface area contributed by atoms with Crippen molar-refractivity contribution in [3.05, 3.63) is 70.8 Å². The third-order valence-electron chi connectivity index (χ3n) is 3.92. The first-order chi connectivity index (χ1) is 9.74. The second-order valence-electron chi connectivity index (χ2n) is 5.21. The summed E-state index contributed by atoms with van der Waals surface area (Å²) < 4.78 is 25.0. The summed E-state index contributed by atoms with van der Waals surface area (Å²) in [4.78, 5) is 0. The summed E-state index contributed by atoms with van der Waals surface area (Å²) in [5.41, 5.74) is 3.91. The van der Waals surface area contributed by atoms with Gasteiger partial charge in [0.1, 0.15) is 0 Å². The summed E-state index contributed by atoms with van der Waals surface area (Å²) in [6, 6.07) is 15.4. The van der Waals surface area contributed by atoms with Crippen LogP contribution < -0.4 is 5.32 Å². The molecule has 0 bridgehead atoms. The van der Waals surface area contributed by atoms with Gasteiger partial charge in [-0.15, -0.1) is 0 Å². The van der Waals surface area contributed by atoms with Gasteiger partial charge in [-0.2, -0.15) is 0 Å². The molecule has 0 saturated carbocycles. The van der Waals surface area contributed by atoms with E-state index in [0.717, 1.165) is 18.4 Å². The highest BCUT2D eigenvalue weighted by molar-refractivity contribution is 5.34. The molecular formula is C17H17F2N. The maximum atomic E-state index is 12.5. The zero-order valence-corrected chi connectivity index (χ0v) is 11.2. The summed E-state index contributed by atoms with van der Waals surface area (Å²) in [5.74, 6) is 0. The number of nitrogens with one attached hydrogen (secondary N) is 1. The van der Waals surface area contributed by atoms with Crippen LogP contribution in [-0.4, -0.2) is 0 Å². The van der Waals surface area contributed by atoms with Crippen molar-refractivity contribution in [2.75, 3.05) is 0 Å². The lowest BCUT2D eigenvalue weighted by Crippen LogP contribution is -2.18. The molecule has 1 unspecified atom stereocenters. The first-order valence-electron chi connectivity index (χ1n) is 6.92. The second kappa shape index (κ2) is 5.71. The fourth-order valence-corrected chi connectivity index (χ4v) is 2.79. The van der Waals surface area contributed by atoms with Crippen molar-refractivity contribution in [2.24, 2.45) is 0 Å². The van der Waals surface area contributed by atoms with Gasteiger partial charge in [0.05, 0.1) is 0 Å². The van der Waals surface area contributed by atoms with E-state index in [0.29, 0.717) is 12.6 Å². The first-order valence-corrected chi connectivity index (χ1v) is 6.92. The largest absolute Gasteiger partial charge is 0.306 e. The van der Waals surface area contributed by atoms with Gasteiger partial charge in [0.2, 0.25) is 0 Å². The minimum Gasteiger partial charge on any atom is -0.306 e. The highest BCUT2D eigenvalue weighted by atomic mass is 19.3. The van der Waals surface area contributed by atoms with E-state index in [1.54, 1.807) is 12.1 Å². The Morgan fingerprint density at radius 2 is 1.80 bits per heavy atom. The molecule has 0 aromatic heterocycles. The summed E-state index contributed by atoms with van der Waals surface area (Å²) in [6.45, 7) is 0.711. The molecule has 0 amide bonds. The van der Waals surface area contributed by atoms with Crippen LogP contribution in [0.25, 0.3) is 0 Å². The van der Waals surface area contributed by atoms with Crippen molar-refractivity contribution in [3.8, 4) is 0 Å². The van der Waals surface area contributed by atoms with Crippen LogP contribution in [-0.2, 0) is 13.0 Å². The van der Waals surface area contributed by atoms with Gasteiger partial charge >= 0.3 is 0 Å². The predicted octanol–water partition coefficient (Wildman–Crippen LogP) is 4.40. The molecule has 1 atom stereocenters. The van der Waals surface area contributed by atoms with Crippen LogP contribution in [0.2, 0.25) is 0 Å². The van der Waals surface area contributed by atoms with E-state index in [2.05, 4.69) is 29.6 Å². The Morgan fingerprint density at radius 3 is 2.55 bits per heavy atom. The number of hydrogen-bond donors (Lipinski definition) is 1. The molecule has 1 aliphatic carbocycles. The Kier molecular flexibility index (Phi) is 3.79. The van der Waals surface area contributed by atoms with Crippen LogP contribution in [0.15, 0.2) is 48.5 Å². The lowest BCUT2D eigenvalue weighted by molar-refractivity contribution is 0.151. The van der Waals surface area contributed by atoms with Crippen LogP contribution >= 0.6 is 0 Å². The number of fused-ring (bicyclic) bond motifs is 1. The van der Waals surface area contributed by atoms with E-state index >= 15 is 0 Å². The Morgan fingerprint density at radius 1 is 1.05 bits per heavy atom. The maximum absolute atomic E-state index is 12.5. The summed E-state index contributed by atoms with van der Waals surface area (Å²) in [6.07, 6.45) is -0.175. The van der Waals surface area contributed by atoms with Gasteiger partial charge in [0.15, 0.2) is 0 Å². The van der Waals surface area contributed by atoms with E-state index in [-0.39, 0.29) is 5.56 Å². The van der Waals surface area contributed by atoms with Crippen LogP contribution in [0.4, 0.5) is 8.78 Å². The third kappa shape index (κ3) is 2.73. The number of halogens is 2. The summed E-state index contributed by atoms with van der Waals surface area (Å²) in [7, 11) is 0. The zero-order chi connectivity index (χ0) is 13.9. The molecule has 0 radical (unpaired) electrons. The number of rotatable bonds is 4. The average Bonchev–Trinajstić information content (AvgIpc) is 2.89. The molecule has 2 aromatic carbocycles. The smallest absolute Gasteiger partial charge is 0.263 e. The van der Waals surface area contributed by atoms with E-state index in [9.17, 15) is 8.78 Å². The molecule has 1 aliphatic rings. The van der Waals surface area contributed by atoms with E-state index in [1.165, 1.54) is 23.3 Å². The molecule has 1 N–H and O–H groups in total. The van der Waals surface area contributed by atoms with Crippen molar-refractivity contribution in [1.29, 1.82) is 0 Å². The molecule has 1 nitrogen and oxygen atoms in total. The first kappa shape index (κ1) is 13.3. The summed E-state index contributed by atoms with van der Waals surface area (Å²) >= 11 is 0. The summed E-state index contributed by atoms with van der Waals surface area (Å²) in [5, 5.41) is 3.52. The number of aryl methyl sites for hydroxylation is 1. The van der Waals surface area contributed by atoms with Crippen LogP contribution in [0.3, 0.4) is 0 Å². The SMILES string of the molecule is FC(F)c1ccc(CNC2CCc3ccccc32)cc1. The van der Waals surface area contributed by atoms with Crippen LogP contribution in [0.5, 0.6) is 0 Å². The molecule has 3 heteroatoms. The lowest BCUT2D eigenvalue weighted by atomic mass is 10.1. The molecule has 0 saturated heterocycles. The molecule has 0 fully saturated rings. The number of alkyl halides is 2. The van der Waals surface area contributed by atoms with E-state index in [1.807, 2.05) is 0 Å². The lowest BCUT2D eigenvalue weighted by Gasteiger charge is -2.14. The number of hydrogen-bond acceptors (Lipinski definition) is 1. The van der Waals surface area contributed by atoms with Crippen molar-refractivity contribution in [3.63, 3.8) is 0 Å². The average molecular weight is 273 g/mol. The van der Waals surface area contributed by atoms with E-state index < -0.39 is 6.43 Å². The third-order valence-corrected chi connectivity index (χ3v) is 3.92. The Balaban J connectivity index is 1.63. The molecule has 0 heterocycles. The van der Waals surface area contributed by atoms with Gasteiger partial charge in [-0.05, 0) is 29.5 Å². The van der Waals surface area contributed by atoms with Gasteiger partial charge < -0.3 is 5.32 Å². The van der Waals surface area contributed by atoms with Gasteiger partial charge in [-0.3, -0.25) is 0 Å². The topological polar surface area (TPSA) is 12.0 Å². The highest BCUT2D eigenvalue weighted by Crippen LogP contribution is 2.30. The van der Waals surface area contributed by atoms with Crippen molar-refractivity contribution in [2.45, 2.75) is 31.9 Å². The molecular weight excluding hydrogens is 256 g/mol. The molecule has 20 heavy (non-hydrogen) atoms. The van der Waals surface area contributed by atoms with Gasteiger partial charge in [-0.1, -0.05) is 48.5 Å². The number of benzene rings is 2. The second-order valence-corrected chi connectivity index (χ2v) is 5.21. The molecule has 2 aromatic rings. The molecule has 0 spiro atoms. The monoisotopic (exact) mass is 273 g/mol. The Bertz CT molecular complexity index is 578. The normalized spacial score (nSPS) is 17.4. The van der Waals surface area contributed by atoms with Crippen LogP contribution in [0.1, 0.15) is 41.1 Å². The fourth-order valence-electron chi connectivity index (χ4n) is 2.79. The van der Waals surface area contributed by atoms with Crippen molar-refractivity contribution >= 4 is 0 Å². The Hall–Kier alpha value is -1.74. The van der Waals surface area contributed by atoms with E-state index in [4.69, 9.17) is 0 Å².